The molecule has 2 atom stereocenters. The van der Waals surface area contributed by atoms with Gasteiger partial charge in [0.25, 0.3) is 0 Å². The number of nitrogens with zero attached hydrogens (tertiary/aromatic N) is 1. The van der Waals surface area contributed by atoms with E-state index in [2.05, 4.69) is 27.3 Å². The molecule has 4 fully saturated rings. The summed E-state index contributed by atoms with van der Waals surface area (Å²) in [5, 5.41) is 7.03. The van der Waals surface area contributed by atoms with Gasteiger partial charge in [0.05, 0.1) is 0 Å². The minimum absolute atomic E-state index is 0. The lowest BCUT2D eigenvalue weighted by atomic mass is 9.89. The highest BCUT2D eigenvalue weighted by molar-refractivity contribution is 7.99. The number of hydrogen-bond donors (Lipinski definition) is 2. The zero-order chi connectivity index (χ0) is 16.4. The van der Waals surface area contributed by atoms with E-state index in [1.807, 2.05) is 0 Å². The smallest absolute Gasteiger partial charge is 0.220 e. The molecule has 4 rings (SSSR count). The zero-order valence-corrected chi connectivity index (χ0v) is 18.2. The molecule has 4 nitrogen and oxygen atoms in total. The molecule has 1 aliphatic carbocycles. The van der Waals surface area contributed by atoms with Gasteiger partial charge in [0, 0.05) is 55.2 Å². The molecule has 4 aliphatic rings. The van der Waals surface area contributed by atoms with Crippen molar-refractivity contribution in [1.29, 1.82) is 0 Å². The third-order valence-electron chi connectivity index (χ3n) is 6.88. The first-order valence-electron chi connectivity index (χ1n) is 10.1. The average molecular weight is 424 g/mol. The summed E-state index contributed by atoms with van der Waals surface area (Å²) in [5.41, 5.74) is 0.268. The predicted molar refractivity (Wildman–Crippen MR) is 115 cm³/mol. The lowest BCUT2D eigenvalue weighted by Gasteiger charge is -2.43. The first-order valence-corrected chi connectivity index (χ1v) is 11.2. The van der Waals surface area contributed by atoms with Crippen LogP contribution in [0.25, 0.3) is 0 Å². The van der Waals surface area contributed by atoms with Gasteiger partial charge in [0.2, 0.25) is 5.91 Å². The van der Waals surface area contributed by atoms with Crippen molar-refractivity contribution in [3.8, 4) is 0 Å². The van der Waals surface area contributed by atoms with E-state index < -0.39 is 0 Å². The molecule has 3 heterocycles. The summed E-state index contributed by atoms with van der Waals surface area (Å²) in [6, 6.07) is 1.38. The van der Waals surface area contributed by atoms with Crippen molar-refractivity contribution in [2.45, 2.75) is 75.4 Å². The summed E-state index contributed by atoms with van der Waals surface area (Å²) in [4.78, 5) is 15.3. The quantitative estimate of drug-likeness (QED) is 0.712. The Morgan fingerprint density at radius 3 is 2.31 bits per heavy atom. The van der Waals surface area contributed by atoms with Crippen LogP contribution in [0.4, 0.5) is 0 Å². The van der Waals surface area contributed by atoms with Crippen LogP contribution in [0.5, 0.6) is 0 Å². The van der Waals surface area contributed by atoms with Crippen molar-refractivity contribution in [3.63, 3.8) is 0 Å². The Morgan fingerprint density at radius 1 is 1.08 bits per heavy atom. The Balaban J connectivity index is 0.00000121. The highest BCUT2D eigenvalue weighted by atomic mass is 35.5. The summed E-state index contributed by atoms with van der Waals surface area (Å²) in [5.74, 6) is 3.43. The molecule has 0 spiro atoms. The zero-order valence-electron chi connectivity index (χ0n) is 15.7. The molecular formula is C19H35Cl2N3OS. The number of thioether (sulfide) groups is 1. The molecule has 2 bridgehead atoms. The fourth-order valence-corrected chi connectivity index (χ4v) is 6.52. The normalized spacial score (nSPS) is 33.2. The SMILES string of the molecule is Cl.Cl.O=C(CC1CC2CCC(C1)N2)NCC1(N2CCSCC2)CCCC1. The van der Waals surface area contributed by atoms with Crippen molar-refractivity contribution >= 4 is 42.5 Å². The molecule has 2 unspecified atom stereocenters. The van der Waals surface area contributed by atoms with Gasteiger partial charge in [0.1, 0.15) is 0 Å². The maximum Gasteiger partial charge on any atom is 0.220 e. The van der Waals surface area contributed by atoms with Gasteiger partial charge in [-0.25, -0.2) is 0 Å². The number of fused-ring (bicyclic) bond motifs is 2. The molecule has 0 radical (unpaired) electrons. The van der Waals surface area contributed by atoms with E-state index in [9.17, 15) is 4.79 Å². The number of amides is 1. The molecule has 7 heteroatoms. The molecule has 26 heavy (non-hydrogen) atoms. The summed E-state index contributed by atoms with van der Waals surface area (Å²) < 4.78 is 0. The molecule has 1 saturated carbocycles. The number of carbonyl (C=O) groups excluding carboxylic acids is 1. The van der Waals surface area contributed by atoms with Crippen LogP contribution in [0.3, 0.4) is 0 Å². The fourth-order valence-electron chi connectivity index (χ4n) is 5.61. The van der Waals surface area contributed by atoms with Crippen LogP contribution < -0.4 is 10.6 Å². The van der Waals surface area contributed by atoms with Crippen LogP contribution >= 0.6 is 36.6 Å². The van der Waals surface area contributed by atoms with E-state index in [0.29, 0.717) is 23.9 Å². The number of halogens is 2. The third-order valence-corrected chi connectivity index (χ3v) is 7.82. The van der Waals surface area contributed by atoms with Gasteiger partial charge in [-0.05, 0) is 44.4 Å². The first-order chi connectivity index (χ1) is 11.7. The van der Waals surface area contributed by atoms with Gasteiger partial charge in [-0.3, -0.25) is 9.69 Å². The molecular weight excluding hydrogens is 389 g/mol. The van der Waals surface area contributed by atoms with E-state index in [-0.39, 0.29) is 30.4 Å². The molecule has 0 aromatic rings. The number of nitrogens with one attached hydrogen (secondary N) is 2. The van der Waals surface area contributed by atoms with E-state index in [1.54, 1.807) is 0 Å². The summed E-state index contributed by atoms with van der Waals surface area (Å²) in [7, 11) is 0. The maximum atomic E-state index is 12.6. The average Bonchev–Trinajstić information content (AvgIpc) is 3.21. The van der Waals surface area contributed by atoms with E-state index in [0.717, 1.165) is 13.0 Å². The molecule has 152 valence electrons. The third kappa shape index (κ3) is 5.22. The molecule has 0 aromatic heterocycles. The van der Waals surface area contributed by atoms with Crippen LogP contribution in [0, 0.1) is 5.92 Å². The van der Waals surface area contributed by atoms with E-state index >= 15 is 0 Å². The summed E-state index contributed by atoms with van der Waals surface area (Å²) in [6.07, 6.45) is 11.0. The lowest BCUT2D eigenvalue weighted by molar-refractivity contribution is -0.123. The highest BCUT2D eigenvalue weighted by Gasteiger charge is 2.40. The van der Waals surface area contributed by atoms with Gasteiger partial charge in [-0.15, -0.1) is 24.8 Å². The monoisotopic (exact) mass is 423 g/mol. The molecule has 3 saturated heterocycles. The standard InChI is InChI=1S/C19H33N3OS.2ClH/c23-18(13-15-11-16-3-4-17(12-15)21-16)20-14-19(5-1-2-6-19)22-7-9-24-10-8-22;;/h15-17,21H,1-14H2,(H,20,23);2*1H. The van der Waals surface area contributed by atoms with Crippen LogP contribution in [0.1, 0.15) is 57.8 Å². The first kappa shape index (κ1) is 22.6. The predicted octanol–water partition coefficient (Wildman–Crippen LogP) is 3.23. The highest BCUT2D eigenvalue weighted by Crippen LogP contribution is 2.36. The van der Waals surface area contributed by atoms with Crippen molar-refractivity contribution in [2.75, 3.05) is 31.1 Å². The van der Waals surface area contributed by atoms with Crippen molar-refractivity contribution < 1.29 is 4.79 Å². The number of hydrogen-bond acceptors (Lipinski definition) is 4. The van der Waals surface area contributed by atoms with Crippen molar-refractivity contribution in [2.24, 2.45) is 5.92 Å². The minimum Gasteiger partial charge on any atom is -0.354 e. The summed E-state index contributed by atoms with van der Waals surface area (Å²) >= 11 is 2.08. The van der Waals surface area contributed by atoms with Crippen LogP contribution in [0.2, 0.25) is 0 Å². The Hall–Kier alpha value is 0.320. The number of rotatable bonds is 5. The van der Waals surface area contributed by atoms with Gasteiger partial charge in [-0.1, -0.05) is 12.8 Å². The van der Waals surface area contributed by atoms with Crippen LogP contribution in [0.15, 0.2) is 0 Å². The number of piperidine rings is 1. The Labute approximate surface area is 175 Å². The minimum atomic E-state index is 0. The van der Waals surface area contributed by atoms with E-state index in [4.69, 9.17) is 0 Å². The Bertz CT molecular complexity index is 444. The van der Waals surface area contributed by atoms with Gasteiger partial charge >= 0.3 is 0 Å². The van der Waals surface area contributed by atoms with Crippen LogP contribution in [-0.2, 0) is 4.79 Å². The topological polar surface area (TPSA) is 44.4 Å². The molecule has 1 amide bonds. The molecule has 2 N–H and O–H groups in total. The van der Waals surface area contributed by atoms with Crippen molar-refractivity contribution in [3.05, 3.63) is 0 Å². The summed E-state index contributed by atoms with van der Waals surface area (Å²) in [6.45, 7) is 3.30. The lowest BCUT2D eigenvalue weighted by Crippen LogP contribution is -2.56. The van der Waals surface area contributed by atoms with Crippen molar-refractivity contribution in [1.82, 2.24) is 15.5 Å². The largest absolute Gasteiger partial charge is 0.354 e. The Morgan fingerprint density at radius 2 is 1.69 bits per heavy atom. The second-order valence-corrected chi connectivity index (χ2v) is 9.71. The fraction of sp³-hybridized carbons (Fsp3) is 0.947. The molecule has 0 aromatic carbocycles. The van der Waals surface area contributed by atoms with Crippen LogP contribution in [-0.4, -0.2) is 59.6 Å². The van der Waals surface area contributed by atoms with Gasteiger partial charge < -0.3 is 10.6 Å². The Kier molecular flexibility index (Phi) is 8.87. The van der Waals surface area contributed by atoms with Gasteiger partial charge in [-0.2, -0.15) is 11.8 Å². The van der Waals surface area contributed by atoms with Gasteiger partial charge in [0.15, 0.2) is 0 Å². The van der Waals surface area contributed by atoms with E-state index in [1.165, 1.54) is 76.0 Å². The second kappa shape index (κ2) is 10.2. The molecule has 3 aliphatic heterocycles. The maximum absolute atomic E-state index is 12.6. The second-order valence-electron chi connectivity index (χ2n) is 8.49. The number of carbonyl (C=O) groups is 1.